The predicted molar refractivity (Wildman–Crippen MR) is 60.2 cm³/mol. The Morgan fingerprint density at radius 1 is 1.40 bits per heavy atom. The summed E-state index contributed by atoms with van der Waals surface area (Å²) in [7, 11) is 0. The minimum absolute atomic E-state index is 0.0579. The molecule has 0 saturated heterocycles. The standard InChI is InChI=1S/C11H11FN2S/c12-8-4-2-1-3-6(8)10-7-5-9(7)15-11(13)14-10/h1-4,7,9-10H,5H2,(H2,13,14). The van der Waals surface area contributed by atoms with Gasteiger partial charge in [-0.3, -0.25) is 4.99 Å². The number of hydrogen-bond acceptors (Lipinski definition) is 3. The van der Waals surface area contributed by atoms with Crippen molar-refractivity contribution < 1.29 is 4.39 Å². The average Bonchev–Trinajstić information content (AvgIpc) is 2.96. The zero-order chi connectivity index (χ0) is 10.4. The fourth-order valence-corrected chi connectivity index (χ4v) is 3.22. The van der Waals surface area contributed by atoms with Crippen LogP contribution in [-0.4, -0.2) is 10.4 Å². The van der Waals surface area contributed by atoms with Crippen LogP contribution in [0.3, 0.4) is 0 Å². The molecule has 78 valence electrons. The molecule has 1 aliphatic heterocycles. The molecule has 0 radical (unpaired) electrons. The molecule has 1 heterocycles. The van der Waals surface area contributed by atoms with Crippen molar-refractivity contribution in [3.63, 3.8) is 0 Å². The Morgan fingerprint density at radius 3 is 3.00 bits per heavy atom. The van der Waals surface area contributed by atoms with Gasteiger partial charge < -0.3 is 5.73 Å². The lowest BCUT2D eigenvalue weighted by atomic mass is 10.0. The van der Waals surface area contributed by atoms with Gasteiger partial charge in [0.1, 0.15) is 5.82 Å². The number of halogens is 1. The van der Waals surface area contributed by atoms with Crippen molar-refractivity contribution in [2.24, 2.45) is 16.6 Å². The number of rotatable bonds is 1. The maximum Gasteiger partial charge on any atom is 0.154 e. The number of aliphatic imine (C=N–C) groups is 1. The van der Waals surface area contributed by atoms with Crippen LogP contribution in [-0.2, 0) is 0 Å². The molecule has 1 aromatic rings. The summed E-state index contributed by atoms with van der Waals surface area (Å²) >= 11 is 1.62. The van der Waals surface area contributed by atoms with Gasteiger partial charge in [-0.2, -0.15) is 0 Å². The molecule has 0 spiro atoms. The number of amidine groups is 1. The number of benzene rings is 1. The molecule has 1 fully saturated rings. The maximum atomic E-state index is 13.6. The summed E-state index contributed by atoms with van der Waals surface area (Å²) in [6.07, 6.45) is 1.11. The number of nitrogens with zero attached hydrogens (tertiary/aromatic N) is 1. The second-order valence-electron chi connectivity index (χ2n) is 3.99. The van der Waals surface area contributed by atoms with Crippen molar-refractivity contribution in [3.8, 4) is 0 Å². The van der Waals surface area contributed by atoms with Crippen LogP contribution in [0.2, 0.25) is 0 Å². The number of nitrogens with two attached hydrogens (primary N) is 1. The van der Waals surface area contributed by atoms with Gasteiger partial charge in [0.2, 0.25) is 0 Å². The third-order valence-electron chi connectivity index (χ3n) is 2.95. The lowest BCUT2D eigenvalue weighted by molar-refractivity contribution is 0.555. The van der Waals surface area contributed by atoms with E-state index in [-0.39, 0.29) is 11.9 Å². The molecule has 2 aliphatic rings. The molecule has 1 aliphatic carbocycles. The van der Waals surface area contributed by atoms with E-state index in [4.69, 9.17) is 5.73 Å². The van der Waals surface area contributed by atoms with Gasteiger partial charge in [-0.15, -0.1) is 0 Å². The third kappa shape index (κ3) is 1.53. The second kappa shape index (κ2) is 3.23. The van der Waals surface area contributed by atoms with Gasteiger partial charge >= 0.3 is 0 Å². The maximum absolute atomic E-state index is 13.6. The summed E-state index contributed by atoms with van der Waals surface area (Å²) in [5, 5.41) is 1.16. The largest absolute Gasteiger partial charge is 0.379 e. The van der Waals surface area contributed by atoms with Crippen LogP contribution < -0.4 is 5.73 Å². The normalized spacial score (nSPS) is 33.1. The topological polar surface area (TPSA) is 38.4 Å². The van der Waals surface area contributed by atoms with E-state index in [1.165, 1.54) is 6.07 Å². The average molecular weight is 222 g/mol. The SMILES string of the molecule is NC1=NC(c2ccccc2F)C2CC2S1. The Labute approximate surface area is 91.8 Å². The molecule has 1 saturated carbocycles. The Kier molecular flexibility index (Phi) is 1.99. The van der Waals surface area contributed by atoms with Crippen molar-refractivity contribution in [1.29, 1.82) is 0 Å². The molecule has 0 amide bonds. The zero-order valence-electron chi connectivity index (χ0n) is 8.06. The summed E-state index contributed by atoms with van der Waals surface area (Å²) in [5.41, 5.74) is 6.41. The molecule has 0 aromatic heterocycles. The minimum atomic E-state index is -0.170. The highest BCUT2D eigenvalue weighted by atomic mass is 32.2. The lowest BCUT2D eigenvalue weighted by Crippen LogP contribution is -2.17. The van der Waals surface area contributed by atoms with Crippen molar-refractivity contribution >= 4 is 16.9 Å². The van der Waals surface area contributed by atoms with Gasteiger partial charge in [0.25, 0.3) is 0 Å². The van der Waals surface area contributed by atoms with Crippen LogP contribution in [0.5, 0.6) is 0 Å². The molecule has 3 rings (SSSR count). The highest BCUT2D eigenvalue weighted by molar-refractivity contribution is 8.14. The quantitative estimate of drug-likeness (QED) is 0.792. The van der Waals surface area contributed by atoms with Crippen LogP contribution in [0, 0.1) is 11.7 Å². The molecule has 1 aromatic carbocycles. The molecule has 3 unspecified atom stereocenters. The molecule has 2 N–H and O–H groups in total. The van der Waals surface area contributed by atoms with Gasteiger partial charge in [0, 0.05) is 10.8 Å². The first-order chi connectivity index (χ1) is 7.25. The smallest absolute Gasteiger partial charge is 0.154 e. The van der Waals surface area contributed by atoms with Crippen LogP contribution in [0.4, 0.5) is 4.39 Å². The van der Waals surface area contributed by atoms with Crippen LogP contribution in [0.25, 0.3) is 0 Å². The van der Waals surface area contributed by atoms with Crippen molar-refractivity contribution in [1.82, 2.24) is 0 Å². The van der Waals surface area contributed by atoms with Crippen molar-refractivity contribution in [3.05, 3.63) is 35.6 Å². The number of hydrogen-bond donors (Lipinski definition) is 1. The second-order valence-corrected chi connectivity index (χ2v) is 5.25. The van der Waals surface area contributed by atoms with Crippen LogP contribution >= 0.6 is 11.8 Å². The van der Waals surface area contributed by atoms with E-state index in [1.807, 2.05) is 12.1 Å². The first-order valence-corrected chi connectivity index (χ1v) is 5.88. The summed E-state index contributed by atoms with van der Waals surface area (Å²) < 4.78 is 13.6. The first kappa shape index (κ1) is 9.21. The lowest BCUT2D eigenvalue weighted by Gasteiger charge is -2.18. The van der Waals surface area contributed by atoms with Gasteiger partial charge in [0.05, 0.1) is 6.04 Å². The van der Waals surface area contributed by atoms with Crippen LogP contribution in [0.1, 0.15) is 18.0 Å². The summed E-state index contributed by atoms with van der Waals surface area (Å²) in [6.45, 7) is 0. The highest BCUT2D eigenvalue weighted by Crippen LogP contribution is 2.54. The molecular weight excluding hydrogens is 211 g/mol. The summed E-state index contributed by atoms with van der Waals surface area (Å²) in [4.78, 5) is 4.35. The monoisotopic (exact) mass is 222 g/mol. The fraction of sp³-hybridized carbons (Fsp3) is 0.364. The summed E-state index contributed by atoms with van der Waals surface area (Å²) in [6, 6.07) is 6.79. The van der Waals surface area contributed by atoms with Gasteiger partial charge in [0.15, 0.2) is 5.17 Å². The molecular formula is C11H11FN2S. The van der Waals surface area contributed by atoms with E-state index in [9.17, 15) is 4.39 Å². The first-order valence-electron chi connectivity index (χ1n) is 5.00. The van der Waals surface area contributed by atoms with Crippen molar-refractivity contribution in [2.45, 2.75) is 17.7 Å². The van der Waals surface area contributed by atoms with E-state index in [0.29, 0.717) is 21.9 Å². The Hall–Kier alpha value is -1.03. The minimum Gasteiger partial charge on any atom is -0.379 e. The molecule has 3 atom stereocenters. The van der Waals surface area contributed by atoms with Gasteiger partial charge in [-0.05, 0) is 18.4 Å². The van der Waals surface area contributed by atoms with E-state index < -0.39 is 0 Å². The van der Waals surface area contributed by atoms with Crippen LogP contribution in [0.15, 0.2) is 29.3 Å². The molecule has 0 bridgehead atoms. The highest BCUT2D eigenvalue weighted by Gasteiger charge is 2.48. The third-order valence-corrected chi connectivity index (χ3v) is 4.14. The van der Waals surface area contributed by atoms with E-state index in [0.717, 1.165) is 6.42 Å². The van der Waals surface area contributed by atoms with Crippen molar-refractivity contribution in [2.75, 3.05) is 0 Å². The van der Waals surface area contributed by atoms with Gasteiger partial charge in [-0.25, -0.2) is 4.39 Å². The predicted octanol–water partition coefficient (Wildman–Crippen LogP) is 2.32. The molecule has 4 heteroatoms. The van der Waals surface area contributed by atoms with E-state index >= 15 is 0 Å². The zero-order valence-corrected chi connectivity index (χ0v) is 8.88. The Balaban J connectivity index is 2.00. The fourth-order valence-electron chi connectivity index (χ4n) is 2.09. The number of fused-ring (bicyclic) bond motifs is 1. The van der Waals surface area contributed by atoms with Gasteiger partial charge in [-0.1, -0.05) is 30.0 Å². The molecule has 15 heavy (non-hydrogen) atoms. The van der Waals surface area contributed by atoms with E-state index in [2.05, 4.69) is 4.99 Å². The molecule has 2 nitrogen and oxygen atoms in total. The number of thioether (sulfide) groups is 1. The Bertz CT molecular complexity index is 432. The summed E-state index contributed by atoms with van der Waals surface area (Å²) in [5.74, 6) is 0.316. The Morgan fingerprint density at radius 2 is 2.20 bits per heavy atom. The van der Waals surface area contributed by atoms with E-state index in [1.54, 1.807) is 17.8 Å².